The van der Waals surface area contributed by atoms with Crippen LogP contribution in [0.3, 0.4) is 0 Å². The first-order valence-electron chi connectivity index (χ1n) is 7.74. The summed E-state index contributed by atoms with van der Waals surface area (Å²) < 4.78 is 6.36. The van der Waals surface area contributed by atoms with E-state index in [1.165, 1.54) is 23.3 Å². The molecule has 26 heavy (non-hydrogen) atoms. The number of carbonyl (C=O) groups excluding carboxylic acids is 3. The van der Waals surface area contributed by atoms with Gasteiger partial charge in [-0.3, -0.25) is 19.1 Å². The van der Waals surface area contributed by atoms with Gasteiger partial charge in [0.15, 0.2) is 0 Å². The van der Waals surface area contributed by atoms with Crippen LogP contribution in [0.1, 0.15) is 5.56 Å². The van der Waals surface area contributed by atoms with Crippen LogP contribution >= 0.6 is 11.8 Å². The second kappa shape index (κ2) is 7.87. The second-order valence-corrected chi connectivity index (χ2v) is 6.30. The van der Waals surface area contributed by atoms with Gasteiger partial charge >= 0.3 is 6.03 Å². The molecule has 0 spiro atoms. The lowest BCUT2D eigenvalue weighted by atomic mass is 10.2. The van der Waals surface area contributed by atoms with Crippen LogP contribution in [0.5, 0.6) is 5.75 Å². The lowest BCUT2D eigenvalue weighted by Crippen LogP contribution is -2.38. The van der Waals surface area contributed by atoms with Crippen LogP contribution in [0.15, 0.2) is 47.9 Å². The largest absolute Gasteiger partial charge is 0.497 e. The molecule has 1 saturated heterocycles. The van der Waals surface area contributed by atoms with E-state index in [1.807, 2.05) is 0 Å². The molecule has 0 atom stereocenters. The first kappa shape index (κ1) is 17.7. The van der Waals surface area contributed by atoms with Crippen molar-refractivity contribution in [2.45, 2.75) is 0 Å². The summed E-state index contributed by atoms with van der Waals surface area (Å²) in [5, 5.41) is 2.27. The number of carbonyl (C=O) groups is 3. The van der Waals surface area contributed by atoms with Crippen molar-refractivity contribution in [3.05, 3.63) is 53.5 Å². The molecule has 3 rings (SSSR count). The van der Waals surface area contributed by atoms with E-state index in [2.05, 4.69) is 10.3 Å². The molecule has 8 nitrogen and oxygen atoms in total. The third-order valence-electron chi connectivity index (χ3n) is 3.64. The molecule has 0 saturated carbocycles. The molecule has 0 aliphatic carbocycles. The highest BCUT2D eigenvalue weighted by Gasteiger charge is 2.34. The normalized spacial score (nSPS) is 15.6. The van der Waals surface area contributed by atoms with E-state index in [0.717, 1.165) is 22.2 Å². The van der Waals surface area contributed by atoms with Crippen LogP contribution < -0.4 is 10.1 Å². The molecule has 0 unspecified atom stereocenters. The van der Waals surface area contributed by atoms with E-state index in [4.69, 9.17) is 4.74 Å². The summed E-state index contributed by atoms with van der Waals surface area (Å²) in [6.45, 7) is 0.260. The van der Waals surface area contributed by atoms with Gasteiger partial charge in [-0.2, -0.15) is 0 Å². The lowest BCUT2D eigenvalue weighted by molar-refractivity contribution is -0.122. The minimum absolute atomic E-state index is 0.102. The maximum atomic E-state index is 12.4. The SMILES string of the molecule is COc1ccc(C=C2SC(=O)N(CCNC(=O)n3ccnc3)C2=O)cc1. The first-order chi connectivity index (χ1) is 12.6. The maximum absolute atomic E-state index is 12.4. The average Bonchev–Trinajstić information content (AvgIpc) is 3.27. The smallest absolute Gasteiger partial charge is 0.326 e. The number of hydrogen-bond acceptors (Lipinski definition) is 6. The van der Waals surface area contributed by atoms with Crippen molar-refractivity contribution in [2.24, 2.45) is 0 Å². The Labute approximate surface area is 153 Å². The molecule has 1 aromatic carbocycles. The van der Waals surface area contributed by atoms with E-state index in [1.54, 1.807) is 37.5 Å². The highest BCUT2D eigenvalue weighted by Crippen LogP contribution is 2.32. The van der Waals surface area contributed by atoms with Gasteiger partial charge in [0.25, 0.3) is 11.1 Å². The van der Waals surface area contributed by atoms with Gasteiger partial charge in [-0.15, -0.1) is 0 Å². The molecule has 1 aromatic heterocycles. The fourth-order valence-electron chi connectivity index (χ4n) is 2.29. The minimum atomic E-state index is -0.372. The van der Waals surface area contributed by atoms with E-state index in [-0.39, 0.29) is 30.3 Å². The number of rotatable bonds is 5. The Bertz CT molecular complexity index is 846. The fourth-order valence-corrected chi connectivity index (χ4v) is 3.15. The molecule has 1 aliphatic rings. The zero-order chi connectivity index (χ0) is 18.5. The van der Waals surface area contributed by atoms with Crippen LogP contribution in [0.2, 0.25) is 0 Å². The molecule has 1 aliphatic heterocycles. The summed E-state index contributed by atoms with van der Waals surface area (Å²) in [6.07, 6.45) is 6.02. The highest BCUT2D eigenvalue weighted by molar-refractivity contribution is 8.18. The minimum Gasteiger partial charge on any atom is -0.497 e. The van der Waals surface area contributed by atoms with Crippen LogP contribution in [0.4, 0.5) is 9.59 Å². The molecular formula is C17H16N4O4S. The Morgan fingerprint density at radius 3 is 2.73 bits per heavy atom. The summed E-state index contributed by atoms with van der Waals surface area (Å²) >= 11 is 0.883. The van der Waals surface area contributed by atoms with Gasteiger partial charge in [0.1, 0.15) is 12.1 Å². The molecule has 0 radical (unpaired) electrons. The van der Waals surface area contributed by atoms with Crippen molar-refractivity contribution >= 4 is 35.0 Å². The van der Waals surface area contributed by atoms with Crippen LogP contribution in [-0.4, -0.2) is 51.8 Å². The molecule has 2 heterocycles. The van der Waals surface area contributed by atoms with Crippen molar-refractivity contribution < 1.29 is 19.1 Å². The molecule has 3 amide bonds. The predicted molar refractivity (Wildman–Crippen MR) is 96.7 cm³/mol. The number of imidazole rings is 1. The second-order valence-electron chi connectivity index (χ2n) is 5.31. The Morgan fingerprint density at radius 1 is 1.31 bits per heavy atom. The number of nitrogens with one attached hydrogen (secondary N) is 1. The van der Waals surface area contributed by atoms with Crippen molar-refractivity contribution in [1.29, 1.82) is 0 Å². The van der Waals surface area contributed by atoms with Gasteiger partial charge in [-0.1, -0.05) is 12.1 Å². The molecular weight excluding hydrogens is 356 g/mol. The molecule has 1 fully saturated rings. The standard InChI is InChI=1S/C17H16N4O4S/c1-25-13-4-2-12(3-5-13)10-14-15(22)21(17(24)26-14)9-7-19-16(23)20-8-6-18-11-20/h2-6,8,10-11H,7,9H2,1H3,(H,19,23). The monoisotopic (exact) mass is 372 g/mol. The number of aromatic nitrogens is 2. The number of imide groups is 1. The molecule has 2 aromatic rings. The average molecular weight is 372 g/mol. The Balaban J connectivity index is 1.59. The summed E-state index contributed by atoms with van der Waals surface area (Å²) in [7, 11) is 1.58. The number of nitrogens with zero attached hydrogens (tertiary/aromatic N) is 3. The van der Waals surface area contributed by atoms with Crippen molar-refractivity contribution in [3.8, 4) is 5.75 Å². The zero-order valence-corrected chi connectivity index (χ0v) is 14.7. The number of methoxy groups -OCH3 is 1. The summed E-state index contributed by atoms with van der Waals surface area (Å²) in [5.41, 5.74) is 0.796. The molecule has 0 bridgehead atoms. The fraction of sp³-hybridized carbons (Fsp3) is 0.176. The van der Waals surface area contributed by atoms with Crippen molar-refractivity contribution in [3.63, 3.8) is 0 Å². The van der Waals surface area contributed by atoms with E-state index in [0.29, 0.717) is 10.7 Å². The van der Waals surface area contributed by atoms with E-state index < -0.39 is 0 Å². The molecule has 9 heteroatoms. The highest BCUT2D eigenvalue weighted by atomic mass is 32.2. The van der Waals surface area contributed by atoms with E-state index >= 15 is 0 Å². The maximum Gasteiger partial charge on any atom is 0.326 e. The predicted octanol–water partition coefficient (Wildman–Crippen LogP) is 2.19. The number of ether oxygens (including phenoxy) is 1. The Kier molecular flexibility index (Phi) is 5.37. The van der Waals surface area contributed by atoms with Gasteiger partial charge in [0, 0.05) is 25.5 Å². The topological polar surface area (TPSA) is 93.5 Å². The van der Waals surface area contributed by atoms with Gasteiger partial charge in [0.2, 0.25) is 0 Å². The van der Waals surface area contributed by atoms with Crippen molar-refractivity contribution in [2.75, 3.05) is 20.2 Å². The molecule has 134 valence electrons. The number of thioether (sulfide) groups is 1. The Morgan fingerprint density at radius 2 is 2.08 bits per heavy atom. The number of benzene rings is 1. The van der Waals surface area contributed by atoms with E-state index in [9.17, 15) is 14.4 Å². The zero-order valence-electron chi connectivity index (χ0n) is 13.9. The third kappa shape index (κ3) is 3.94. The van der Waals surface area contributed by atoms with Crippen molar-refractivity contribution in [1.82, 2.24) is 19.8 Å². The lowest BCUT2D eigenvalue weighted by Gasteiger charge is -2.12. The quantitative estimate of drug-likeness (QED) is 0.809. The van der Waals surface area contributed by atoms with Crippen LogP contribution in [0, 0.1) is 0 Å². The Hall–Kier alpha value is -3.07. The summed E-state index contributed by atoms with van der Waals surface area (Å²) in [4.78, 5) is 41.5. The van der Waals surface area contributed by atoms with Gasteiger partial charge < -0.3 is 10.1 Å². The van der Waals surface area contributed by atoms with Crippen LogP contribution in [-0.2, 0) is 4.79 Å². The summed E-state index contributed by atoms with van der Waals surface area (Å²) in [6, 6.07) is 6.79. The number of hydrogen-bond donors (Lipinski definition) is 1. The van der Waals surface area contributed by atoms with Gasteiger partial charge in [0.05, 0.1) is 12.0 Å². The third-order valence-corrected chi connectivity index (χ3v) is 4.55. The number of amides is 3. The summed E-state index contributed by atoms with van der Waals surface area (Å²) in [5.74, 6) is 0.344. The van der Waals surface area contributed by atoms with Gasteiger partial charge in [-0.25, -0.2) is 9.78 Å². The molecule has 1 N–H and O–H groups in total. The van der Waals surface area contributed by atoms with Crippen LogP contribution in [0.25, 0.3) is 6.08 Å². The van der Waals surface area contributed by atoms with Gasteiger partial charge in [-0.05, 0) is 35.5 Å². The first-order valence-corrected chi connectivity index (χ1v) is 8.55.